The molecule has 7 heteroatoms. The Kier molecular flexibility index (Phi) is 5.99. The highest BCUT2D eigenvalue weighted by Crippen LogP contribution is 2.29. The van der Waals surface area contributed by atoms with Crippen LogP contribution in [0.1, 0.15) is 42.9 Å². The minimum Gasteiger partial charge on any atom is -0.369 e. The van der Waals surface area contributed by atoms with Gasteiger partial charge in [0, 0.05) is 56.1 Å². The summed E-state index contributed by atoms with van der Waals surface area (Å²) in [5.41, 5.74) is 3.24. The predicted octanol–water partition coefficient (Wildman–Crippen LogP) is 3.95. The molecule has 0 saturated carbocycles. The first-order chi connectivity index (χ1) is 15.7. The Labute approximate surface area is 187 Å². The third-order valence-corrected chi connectivity index (χ3v) is 6.50. The minimum absolute atomic E-state index is 0.129. The van der Waals surface area contributed by atoms with Gasteiger partial charge >= 0.3 is 0 Å². The summed E-state index contributed by atoms with van der Waals surface area (Å²) in [5.74, 6) is 0.628. The Bertz CT molecular complexity index is 1130. The van der Waals surface area contributed by atoms with Crippen LogP contribution in [0.5, 0.6) is 0 Å². The summed E-state index contributed by atoms with van der Waals surface area (Å²) >= 11 is 0. The van der Waals surface area contributed by atoms with Crippen LogP contribution in [-0.4, -0.2) is 46.0 Å². The molecule has 4 heterocycles. The fourth-order valence-electron chi connectivity index (χ4n) is 4.89. The maximum Gasteiger partial charge on any atom is 0.251 e. The molecule has 32 heavy (non-hydrogen) atoms. The van der Waals surface area contributed by atoms with Crippen LogP contribution < -0.4 is 10.5 Å². The molecule has 2 saturated heterocycles. The second-order valence-electron chi connectivity index (χ2n) is 8.81. The highest BCUT2D eigenvalue weighted by atomic mass is 19.1. The zero-order valence-corrected chi connectivity index (χ0v) is 18.1. The van der Waals surface area contributed by atoms with Gasteiger partial charge in [0.15, 0.2) is 0 Å². The third kappa shape index (κ3) is 4.58. The van der Waals surface area contributed by atoms with E-state index in [4.69, 9.17) is 4.98 Å². The van der Waals surface area contributed by atoms with Gasteiger partial charge in [-0.15, -0.1) is 0 Å². The molecule has 3 aromatic rings. The monoisotopic (exact) mass is 433 g/mol. The summed E-state index contributed by atoms with van der Waals surface area (Å²) < 4.78 is 14.7. The minimum atomic E-state index is -0.140. The van der Waals surface area contributed by atoms with E-state index in [0.717, 1.165) is 74.4 Å². The van der Waals surface area contributed by atoms with Crippen molar-refractivity contribution < 1.29 is 4.39 Å². The Morgan fingerprint density at radius 2 is 1.84 bits per heavy atom. The van der Waals surface area contributed by atoms with Gasteiger partial charge in [-0.3, -0.25) is 14.7 Å². The first-order valence-electron chi connectivity index (χ1n) is 11.4. The van der Waals surface area contributed by atoms with Crippen LogP contribution in [0, 0.1) is 5.82 Å². The lowest BCUT2D eigenvalue weighted by atomic mass is 9.94. The van der Waals surface area contributed by atoms with Crippen LogP contribution in [0.15, 0.2) is 53.6 Å². The molecule has 2 aliphatic heterocycles. The number of H-pyrrole nitrogens is 1. The molecule has 2 aromatic heterocycles. The number of rotatable bonds is 5. The van der Waals surface area contributed by atoms with Crippen LogP contribution in [-0.2, 0) is 6.54 Å². The van der Waals surface area contributed by atoms with Crippen molar-refractivity contribution in [3.63, 3.8) is 0 Å². The van der Waals surface area contributed by atoms with Crippen LogP contribution in [0.25, 0.3) is 11.4 Å². The Hall–Kier alpha value is -3.06. The second-order valence-corrected chi connectivity index (χ2v) is 8.81. The number of aromatic amines is 1. The fourth-order valence-corrected chi connectivity index (χ4v) is 4.89. The Morgan fingerprint density at radius 3 is 2.62 bits per heavy atom. The van der Waals surface area contributed by atoms with Crippen molar-refractivity contribution >= 4 is 5.69 Å². The average molecular weight is 434 g/mol. The first-order valence-corrected chi connectivity index (χ1v) is 11.4. The smallest absolute Gasteiger partial charge is 0.251 e. The van der Waals surface area contributed by atoms with E-state index in [2.05, 4.69) is 19.8 Å². The normalized spacial score (nSPS) is 19.4. The van der Waals surface area contributed by atoms with E-state index < -0.39 is 0 Å². The van der Waals surface area contributed by atoms with E-state index in [1.165, 1.54) is 0 Å². The lowest BCUT2D eigenvalue weighted by molar-refractivity contribution is 0.198. The Balaban J connectivity index is 1.30. The second kappa shape index (κ2) is 9.20. The van der Waals surface area contributed by atoms with E-state index in [9.17, 15) is 9.18 Å². The van der Waals surface area contributed by atoms with Crippen LogP contribution >= 0.6 is 0 Å². The number of piperidine rings is 1. The van der Waals surface area contributed by atoms with Crippen LogP contribution in [0.2, 0.25) is 0 Å². The maximum atomic E-state index is 14.7. The summed E-state index contributed by atoms with van der Waals surface area (Å²) in [7, 11) is 0. The number of anilines is 1. The third-order valence-electron chi connectivity index (χ3n) is 6.50. The molecule has 0 amide bonds. The summed E-state index contributed by atoms with van der Waals surface area (Å²) in [6.45, 7) is 4.35. The molecule has 166 valence electrons. The van der Waals surface area contributed by atoms with Crippen molar-refractivity contribution in [2.24, 2.45) is 0 Å². The molecule has 1 unspecified atom stereocenters. The molecule has 0 radical (unpaired) electrons. The zero-order valence-electron chi connectivity index (χ0n) is 18.1. The van der Waals surface area contributed by atoms with Gasteiger partial charge in [-0.05, 0) is 62.1 Å². The number of likely N-dealkylation sites (tertiary alicyclic amines) is 1. The van der Waals surface area contributed by atoms with Gasteiger partial charge in [-0.25, -0.2) is 9.37 Å². The van der Waals surface area contributed by atoms with Gasteiger partial charge in [0.25, 0.3) is 5.56 Å². The van der Waals surface area contributed by atoms with E-state index >= 15 is 0 Å². The predicted molar refractivity (Wildman–Crippen MR) is 123 cm³/mol. The first kappa shape index (κ1) is 20.8. The molecule has 1 atom stereocenters. The summed E-state index contributed by atoms with van der Waals surface area (Å²) in [6, 6.07) is 11.0. The summed E-state index contributed by atoms with van der Waals surface area (Å²) in [4.78, 5) is 28.4. The summed E-state index contributed by atoms with van der Waals surface area (Å²) in [6.07, 6.45) is 7.67. The number of nitrogens with one attached hydrogen (secondary N) is 1. The zero-order chi connectivity index (χ0) is 21.9. The number of pyridine rings is 1. The van der Waals surface area contributed by atoms with Gasteiger partial charge in [0.1, 0.15) is 11.6 Å². The van der Waals surface area contributed by atoms with E-state index in [1.807, 2.05) is 24.3 Å². The SMILES string of the molecule is O=c1cc(C2CCCN(Cc3ccc(N4CCCC4)c(F)c3)C2)nc(-c2ccncc2)[nH]1. The van der Waals surface area contributed by atoms with Crippen molar-refractivity contribution in [2.45, 2.75) is 38.1 Å². The van der Waals surface area contributed by atoms with Crippen molar-refractivity contribution in [3.8, 4) is 11.4 Å². The van der Waals surface area contributed by atoms with Crippen molar-refractivity contribution in [1.29, 1.82) is 0 Å². The number of hydrogen-bond donors (Lipinski definition) is 1. The number of nitrogens with zero attached hydrogens (tertiary/aromatic N) is 4. The lowest BCUT2D eigenvalue weighted by Gasteiger charge is -2.32. The van der Waals surface area contributed by atoms with Gasteiger partial charge in [0.2, 0.25) is 0 Å². The molecular weight excluding hydrogens is 405 g/mol. The van der Waals surface area contributed by atoms with Crippen molar-refractivity contribution in [2.75, 3.05) is 31.1 Å². The molecule has 0 spiro atoms. The topological polar surface area (TPSA) is 65.1 Å². The Morgan fingerprint density at radius 1 is 1.03 bits per heavy atom. The number of hydrogen-bond acceptors (Lipinski definition) is 5. The molecule has 1 N–H and O–H groups in total. The molecule has 2 aliphatic rings. The van der Waals surface area contributed by atoms with Crippen LogP contribution in [0.4, 0.5) is 10.1 Å². The molecule has 2 fully saturated rings. The highest BCUT2D eigenvalue weighted by molar-refractivity contribution is 5.53. The number of benzene rings is 1. The molecular formula is C25H28FN5O. The van der Waals surface area contributed by atoms with Gasteiger partial charge in [-0.1, -0.05) is 6.07 Å². The standard InChI is InChI=1S/C25H28FN5O/c26-21-14-18(5-6-23(21)31-12-1-2-13-31)16-30-11-3-4-20(17-30)22-15-24(32)29-25(28-22)19-7-9-27-10-8-19/h5-10,14-15,20H,1-4,11-13,16-17H2,(H,28,29,32). The number of aromatic nitrogens is 3. The van der Waals surface area contributed by atoms with E-state index in [0.29, 0.717) is 12.4 Å². The molecule has 6 nitrogen and oxygen atoms in total. The van der Waals surface area contributed by atoms with Crippen molar-refractivity contribution in [1.82, 2.24) is 19.9 Å². The van der Waals surface area contributed by atoms with Gasteiger partial charge < -0.3 is 9.88 Å². The molecule has 0 bridgehead atoms. The number of halogens is 1. The molecule has 1 aromatic carbocycles. The largest absolute Gasteiger partial charge is 0.369 e. The van der Waals surface area contributed by atoms with E-state index in [-0.39, 0.29) is 17.3 Å². The summed E-state index contributed by atoms with van der Waals surface area (Å²) in [5, 5.41) is 0. The molecule has 0 aliphatic carbocycles. The van der Waals surface area contributed by atoms with Gasteiger partial charge in [0.05, 0.1) is 11.4 Å². The molecule has 5 rings (SSSR count). The maximum absolute atomic E-state index is 14.7. The lowest BCUT2D eigenvalue weighted by Crippen LogP contribution is -2.34. The highest BCUT2D eigenvalue weighted by Gasteiger charge is 2.24. The average Bonchev–Trinajstić information content (AvgIpc) is 3.34. The van der Waals surface area contributed by atoms with Gasteiger partial charge in [-0.2, -0.15) is 0 Å². The fraction of sp³-hybridized carbons (Fsp3) is 0.400. The van der Waals surface area contributed by atoms with Crippen LogP contribution in [0.3, 0.4) is 0 Å². The van der Waals surface area contributed by atoms with Crippen molar-refractivity contribution in [3.05, 3.63) is 76.2 Å². The van der Waals surface area contributed by atoms with E-state index in [1.54, 1.807) is 24.5 Å². The quantitative estimate of drug-likeness (QED) is 0.660.